The molecule has 3 heterocycles. The summed E-state index contributed by atoms with van der Waals surface area (Å²) in [4.78, 5) is 11.7. The third kappa shape index (κ3) is 2.45. The molecular formula is C16H20N6. The lowest BCUT2D eigenvalue weighted by Crippen LogP contribution is -2.18. The van der Waals surface area contributed by atoms with E-state index in [9.17, 15) is 0 Å². The molecule has 3 aromatic rings. The Hall–Kier alpha value is -2.37. The van der Waals surface area contributed by atoms with Crippen LogP contribution >= 0.6 is 0 Å². The van der Waals surface area contributed by atoms with Crippen LogP contribution in [0.25, 0.3) is 11.0 Å². The number of rotatable bonds is 5. The molecule has 4 rings (SSSR count). The number of aromatic amines is 1. The van der Waals surface area contributed by atoms with Gasteiger partial charge in [-0.25, -0.2) is 9.97 Å². The largest absolute Gasteiger partial charge is 0.363 e. The summed E-state index contributed by atoms with van der Waals surface area (Å²) in [6.07, 6.45) is 11.6. The molecule has 3 aromatic heterocycles. The van der Waals surface area contributed by atoms with Gasteiger partial charge >= 0.3 is 0 Å². The molecular weight excluding hydrogens is 276 g/mol. The molecule has 6 nitrogen and oxygen atoms in total. The Balaban J connectivity index is 1.49. The molecule has 1 atom stereocenters. The normalized spacial score (nSPS) is 16.6. The predicted octanol–water partition coefficient (Wildman–Crippen LogP) is 3.13. The van der Waals surface area contributed by atoms with Gasteiger partial charge in [0.25, 0.3) is 0 Å². The van der Waals surface area contributed by atoms with Crippen LogP contribution in [-0.4, -0.2) is 24.7 Å². The van der Waals surface area contributed by atoms with Crippen molar-refractivity contribution < 1.29 is 0 Å². The van der Waals surface area contributed by atoms with Crippen LogP contribution in [-0.2, 0) is 6.54 Å². The molecule has 1 fully saturated rings. The van der Waals surface area contributed by atoms with Crippen molar-refractivity contribution in [1.29, 1.82) is 0 Å². The summed E-state index contributed by atoms with van der Waals surface area (Å²) in [7, 11) is 0. The lowest BCUT2D eigenvalue weighted by atomic mass is 9.85. The van der Waals surface area contributed by atoms with Crippen LogP contribution in [0.3, 0.4) is 0 Å². The molecule has 114 valence electrons. The van der Waals surface area contributed by atoms with Crippen LogP contribution < -0.4 is 5.32 Å². The minimum absolute atomic E-state index is 0.156. The van der Waals surface area contributed by atoms with Crippen molar-refractivity contribution in [3.05, 3.63) is 36.5 Å². The standard InChI is InChI=1S/C16H20N6/c1-11(13-7-20-22(9-13)8-12-3-2-4-12)21-16-14-5-6-17-15(14)18-10-19-16/h5-7,9-12H,2-4,8H2,1H3,(H2,17,18,19,21)/t11-/m1/s1. The zero-order valence-electron chi connectivity index (χ0n) is 12.7. The van der Waals surface area contributed by atoms with E-state index in [4.69, 9.17) is 0 Å². The highest BCUT2D eigenvalue weighted by Gasteiger charge is 2.19. The number of hydrogen-bond acceptors (Lipinski definition) is 4. The van der Waals surface area contributed by atoms with E-state index in [1.54, 1.807) is 6.33 Å². The zero-order valence-corrected chi connectivity index (χ0v) is 12.7. The maximum Gasteiger partial charge on any atom is 0.142 e. The fraction of sp³-hybridized carbons (Fsp3) is 0.438. The third-order valence-electron chi connectivity index (χ3n) is 4.53. The van der Waals surface area contributed by atoms with E-state index in [-0.39, 0.29) is 6.04 Å². The number of anilines is 1. The van der Waals surface area contributed by atoms with E-state index in [2.05, 4.69) is 43.2 Å². The van der Waals surface area contributed by atoms with Crippen molar-refractivity contribution in [2.24, 2.45) is 5.92 Å². The Labute approximate surface area is 129 Å². The highest BCUT2D eigenvalue weighted by Crippen LogP contribution is 2.28. The molecule has 0 aromatic carbocycles. The van der Waals surface area contributed by atoms with Crippen molar-refractivity contribution >= 4 is 16.9 Å². The minimum atomic E-state index is 0.156. The highest BCUT2D eigenvalue weighted by atomic mass is 15.3. The molecule has 0 amide bonds. The highest BCUT2D eigenvalue weighted by molar-refractivity contribution is 5.86. The number of H-pyrrole nitrogens is 1. The van der Waals surface area contributed by atoms with Gasteiger partial charge in [0, 0.05) is 24.5 Å². The summed E-state index contributed by atoms with van der Waals surface area (Å²) in [6, 6.07) is 2.15. The van der Waals surface area contributed by atoms with Gasteiger partial charge < -0.3 is 10.3 Å². The van der Waals surface area contributed by atoms with E-state index in [0.717, 1.165) is 29.3 Å². The van der Waals surface area contributed by atoms with Crippen LogP contribution in [0.5, 0.6) is 0 Å². The van der Waals surface area contributed by atoms with Gasteiger partial charge in [-0.2, -0.15) is 5.10 Å². The SMILES string of the molecule is C[C@@H](Nc1ncnc2[nH]ccc12)c1cnn(CC2CCC2)c1. The molecule has 22 heavy (non-hydrogen) atoms. The second kappa shape index (κ2) is 5.44. The lowest BCUT2D eigenvalue weighted by molar-refractivity contribution is 0.266. The third-order valence-corrected chi connectivity index (χ3v) is 4.53. The molecule has 0 spiro atoms. The van der Waals surface area contributed by atoms with E-state index in [0.29, 0.717) is 0 Å². The number of hydrogen-bond donors (Lipinski definition) is 2. The van der Waals surface area contributed by atoms with Gasteiger partial charge in [0.2, 0.25) is 0 Å². The average molecular weight is 296 g/mol. The first-order valence-corrected chi connectivity index (χ1v) is 7.86. The summed E-state index contributed by atoms with van der Waals surface area (Å²) in [5.74, 6) is 1.67. The Morgan fingerprint density at radius 2 is 2.32 bits per heavy atom. The van der Waals surface area contributed by atoms with Crippen LogP contribution in [0.15, 0.2) is 31.0 Å². The van der Waals surface area contributed by atoms with Crippen molar-refractivity contribution in [3.8, 4) is 0 Å². The molecule has 6 heteroatoms. The number of aromatic nitrogens is 5. The maximum absolute atomic E-state index is 4.49. The van der Waals surface area contributed by atoms with Crippen LogP contribution in [0.2, 0.25) is 0 Å². The average Bonchev–Trinajstić information content (AvgIpc) is 3.12. The zero-order chi connectivity index (χ0) is 14.9. The molecule has 1 saturated carbocycles. The van der Waals surface area contributed by atoms with Crippen molar-refractivity contribution in [3.63, 3.8) is 0 Å². The van der Waals surface area contributed by atoms with Gasteiger partial charge in [-0.15, -0.1) is 0 Å². The van der Waals surface area contributed by atoms with Crippen LogP contribution in [0.4, 0.5) is 5.82 Å². The van der Waals surface area contributed by atoms with Gasteiger partial charge in [-0.1, -0.05) is 6.42 Å². The van der Waals surface area contributed by atoms with Gasteiger partial charge in [-0.05, 0) is 31.7 Å². The molecule has 0 bridgehead atoms. The quantitative estimate of drug-likeness (QED) is 0.759. The fourth-order valence-corrected chi connectivity index (χ4v) is 2.92. The van der Waals surface area contributed by atoms with E-state index >= 15 is 0 Å². The second-order valence-electron chi connectivity index (χ2n) is 6.12. The monoisotopic (exact) mass is 296 g/mol. The summed E-state index contributed by atoms with van der Waals surface area (Å²) in [6.45, 7) is 3.17. The Morgan fingerprint density at radius 1 is 1.41 bits per heavy atom. The van der Waals surface area contributed by atoms with Crippen LogP contribution in [0.1, 0.15) is 37.8 Å². The molecule has 0 saturated heterocycles. The first-order valence-electron chi connectivity index (χ1n) is 7.86. The van der Waals surface area contributed by atoms with Gasteiger partial charge in [0.05, 0.1) is 17.6 Å². The van der Waals surface area contributed by atoms with Crippen LogP contribution in [0, 0.1) is 5.92 Å². The van der Waals surface area contributed by atoms with Crippen molar-refractivity contribution in [2.75, 3.05) is 5.32 Å². The molecule has 2 N–H and O–H groups in total. The van der Waals surface area contributed by atoms with E-state index < -0.39 is 0 Å². The smallest absolute Gasteiger partial charge is 0.142 e. The minimum Gasteiger partial charge on any atom is -0.363 e. The molecule has 1 aliphatic carbocycles. The number of fused-ring (bicyclic) bond motifs is 1. The maximum atomic E-state index is 4.49. The summed E-state index contributed by atoms with van der Waals surface area (Å²) in [5, 5.41) is 8.96. The topological polar surface area (TPSA) is 71.4 Å². The van der Waals surface area contributed by atoms with E-state index in [1.807, 2.05) is 18.5 Å². The Bertz CT molecular complexity index is 770. The van der Waals surface area contributed by atoms with Crippen molar-refractivity contribution in [1.82, 2.24) is 24.7 Å². The second-order valence-corrected chi connectivity index (χ2v) is 6.12. The molecule has 0 radical (unpaired) electrons. The Morgan fingerprint density at radius 3 is 3.14 bits per heavy atom. The molecule has 1 aliphatic rings. The lowest BCUT2D eigenvalue weighted by Gasteiger charge is -2.24. The van der Waals surface area contributed by atoms with Gasteiger partial charge in [0.1, 0.15) is 17.8 Å². The van der Waals surface area contributed by atoms with Gasteiger partial charge in [-0.3, -0.25) is 4.68 Å². The van der Waals surface area contributed by atoms with Crippen molar-refractivity contribution in [2.45, 2.75) is 38.8 Å². The summed E-state index contributed by atoms with van der Waals surface area (Å²) < 4.78 is 2.07. The first kappa shape index (κ1) is 13.3. The van der Waals surface area contributed by atoms with E-state index in [1.165, 1.54) is 24.8 Å². The molecule has 0 unspecified atom stereocenters. The summed E-state index contributed by atoms with van der Waals surface area (Å²) >= 11 is 0. The Kier molecular flexibility index (Phi) is 3.29. The van der Waals surface area contributed by atoms with Gasteiger partial charge in [0.15, 0.2) is 0 Å². The molecule has 0 aliphatic heterocycles. The first-order chi connectivity index (χ1) is 10.8. The fourth-order valence-electron chi connectivity index (χ4n) is 2.92. The predicted molar refractivity (Wildman–Crippen MR) is 85.5 cm³/mol. The number of nitrogens with one attached hydrogen (secondary N) is 2. The summed E-state index contributed by atoms with van der Waals surface area (Å²) in [5.41, 5.74) is 2.03. The number of nitrogens with zero attached hydrogens (tertiary/aromatic N) is 4.